The Bertz CT molecular complexity index is 1390. The number of aromatic nitrogens is 4. The predicted octanol–water partition coefficient (Wildman–Crippen LogP) is 3.60. The van der Waals surface area contributed by atoms with Gasteiger partial charge in [-0.05, 0) is 37.3 Å². The molecule has 10 heteroatoms. The van der Waals surface area contributed by atoms with Gasteiger partial charge in [0, 0.05) is 31.7 Å². The summed E-state index contributed by atoms with van der Waals surface area (Å²) in [4.78, 5) is 36.8. The molecule has 1 aliphatic heterocycles. The fourth-order valence-corrected chi connectivity index (χ4v) is 4.96. The highest BCUT2D eigenvalue weighted by Gasteiger charge is 2.24. The first kappa shape index (κ1) is 23.0. The van der Waals surface area contributed by atoms with Gasteiger partial charge in [0.15, 0.2) is 11.4 Å². The van der Waals surface area contributed by atoms with Gasteiger partial charge >= 0.3 is 0 Å². The monoisotopic (exact) mass is 490 g/mol. The fourth-order valence-electron chi connectivity index (χ4n) is 4.10. The number of carbonyl (C=O) groups excluding carboxylic acids is 2. The molecule has 1 amide bonds. The van der Waals surface area contributed by atoms with E-state index in [1.165, 1.54) is 31.1 Å². The number of nitrogens with zero attached hydrogens (tertiary/aromatic N) is 6. The van der Waals surface area contributed by atoms with E-state index in [2.05, 4.69) is 15.1 Å². The van der Waals surface area contributed by atoms with E-state index in [-0.39, 0.29) is 17.4 Å². The van der Waals surface area contributed by atoms with Gasteiger partial charge in [0.25, 0.3) is 0 Å². The maximum atomic E-state index is 14.5. The number of rotatable bonds is 6. The topological polar surface area (TPSA) is 84.2 Å². The van der Waals surface area contributed by atoms with Crippen LogP contribution < -0.4 is 4.90 Å². The Morgan fingerprint density at radius 3 is 2.51 bits per heavy atom. The molecule has 3 heterocycles. The molecule has 35 heavy (non-hydrogen) atoms. The van der Waals surface area contributed by atoms with Crippen molar-refractivity contribution in [2.45, 2.75) is 11.9 Å². The van der Waals surface area contributed by atoms with Crippen molar-refractivity contribution in [3.63, 3.8) is 0 Å². The lowest BCUT2D eigenvalue weighted by Gasteiger charge is -2.36. The third-order valence-corrected chi connectivity index (χ3v) is 6.98. The number of carbonyl (C=O) groups is 2. The molecule has 2 aromatic carbocycles. The van der Waals surface area contributed by atoms with Crippen molar-refractivity contribution in [1.82, 2.24) is 24.6 Å². The lowest BCUT2D eigenvalue weighted by molar-refractivity contribution is -0.128. The summed E-state index contributed by atoms with van der Waals surface area (Å²) in [5.74, 6) is -0.345. The Kier molecular flexibility index (Phi) is 6.45. The van der Waals surface area contributed by atoms with Gasteiger partial charge < -0.3 is 9.80 Å². The molecule has 1 aliphatic rings. The third-order valence-electron chi connectivity index (χ3n) is 5.99. The second-order valence-corrected chi connectivity index (χ2v) is 9.15. The molecule has 0 N–H and O–H groups in total. The highest BCUT2D eigenvalue weighted by Crippen LogP contribution is 2.27. The first-order valence-corrected chi connectivity index (χ1v) is 12.2. The number of thioether (sulfide) groups is 1. The van der Waals surface area contributed by atoms with Gasteiger partial charge in [-0.1, -0.05) is 30.0 Å². The molecule has 4 aromatic rings. The number of ketones is 1. The number of amides is 1. The number of hydrogen-bond acceptors (Lipinski definition) is 7. The Hall–Kier alpha value is -3.79. The number of halogens is 1. The average molecular weight is 491 g/mol. The lowest BCUT2D eigenvalue weighted by Crippen LogP contribution is -2.49. The molecule has 0 radical (unpaired) electrons. The Balaban J connectivity index is 1.21. The molecule has 2 aromatic heterocycles. The maximum absolute atomic E-state index is 14.5. The molecule has 0 saturated carbocycles. The Morgan fingerprint density at radius 1 is 1.03 bits per heavy atom. The number of piperazine rings is 1. The first-order valence-electron chi connectivity index (χ1n) is 11.2. The van der Waals surface area contributed by atoms with Gasteiger partial charge in [-0.3, -0.25) is 9.59 Å². The van der Waals surface area contributed by atoms with E-state index in [1.54, 1.807) is 27.9 Å². The minimum Gasteiger partial charge on any atom is -0.366 e. The highest BCUT2D eigenvalue weighted by atomic mass is 32.2. The zero-order chi connectivity index (χ0) is 24.4. The van der Waals surface area contributed by atoms with E-state index in [0.717, 1.165) is 11.1 Å². The van der Waals surface area contributed by atoms with Crippen molar-refractivity contribution >= 4 is 40.2 Å². The zero-order valence-corrected chi connectivity index (χ0v) is 19.9. The molecule has 178 valence electrons. The first-order chi connectivity index (χ1) is 17.0. The SMILES string of the molecule is CC(=O)c1ccc(N2CCN(C(=O)CSc3ncnc4c3cnn4-c3ccccc3)CC2)c(F)c1. The molecule has 0 bridgehead atoms. The van der Waals surface area contributed by atoms with E-state index >= 15 is 0 Å². The van der Waals surface area contributed by atoms with Crippen LogP contribution >= 0.6 is 11.8 Å². The predicted molar refractivity (Wildman–Crippen MR) is 133 cm³/mol. The second-order valence-electron chi connectivity index (χ2n) is 8.19. The minimum absolute atomic E-state index is 0.00395. The van der Waals surface area contributed by atoms with Crippen LogP contribution in [0.3, 0.4) is 0 Å². The maximum Gasteiger partial charge on any atom is 0.233 e. The number of benzene rings is 2. The molecular weight excluding hydrogens is 467 g/mol. The molecular formula is C25H23FN6O2S. The third kappa shape index (κ3) is 4.74. The zero-order valence-electron chi connectivity index (χ0n) is 19.1. The van der Waals surface area contributed by atoms with Crippen molar-refractivity contribution in [2.75, 3.05) is 36.8 Å². The molecule has 0 spiro atoms. The molecule has 0 unspecified atom stereocenters. The fraction of sp³-hybridized carbons (Fsp3) is 0.240. The van der Waals surface area contributed by atoms with Crippen LogP contribution in [-0.4, -0.2) is 68.3 Å². The summed E-state index contributed by atoms with van der Waals surface area (Å²) >= 11 is 1.36. The van der Waals surface area contributed by atoms with E-state index < -0.39 is 5.82 Å². The number of Topliss-reactive ketones (excluding diaryl/α,β-unsaturated/α-hetero) is 1. The summed E-state index contributed by atoms with van der Waals surface area (Å²) in [7, 11) is 0. The van der Waals surface area contributed by atoms with Crippen molar-refractivity contribution in [3.05, 3.63) is 72.4 Å². The van der Waals surface area contributed by atoms with Crippen molar-refractivity contribution in [3.8, 4) is 5.69 Å². The van der Waals surface area contributed by atoms with Gasteiger partial charge in [-0.25, -0.2) is 19.0 Å². The normalized spacial score (nSPS) is 13.9. The van der Waals surface area contributed by atoms with Crippen LogP contribution in [0.2, 0.25) is 0 Å². The Morgan fingerprint density at radius 2 is 1.80 bits per heavy atom. The largest absolute Gasteiger partial charge is 0.366 e. The minimum atomic E-state index is -0.420. The van der Waals surface area contributed by atoms with Gasteiger partial charge in [-0.15, -0.1) is 0 Å². The van der Waals surface area contributed by atoms with Gasteiger partial charge in [0.2, 0.25) is 5.91 Å². The molecule has 5 rings (SSSR count). The number of para-hydroxylation sites is 1. The van der Waals surface area contributed by atoms with E-state index in [1.807, 2.05) is 35.2 Å². The summed E-state index contributed by atoms with van der Waals surface area (Å²) < 4.78 is 16.3. The molecule has 8 nitrogen and oxygen atoms in total. The van der Waals surface area contributed by atoms with Gasteiger partial charge in [-0.2, -0.15) is 5.10 Å². The average Bonchev–Trinajstić information content (AvgIpc) is 3.33. The van der Waals surface area contributed by atoms with Crippen LogP contribution in [0.25, 0.3) is 16.7 Å². The van der Waals surface area contributed by atoms with E-state index in [0.29, 0.717) is 48.1 Å². The highest BCUT2D eigenvalue weighted by molar-refractivity contribution is 8.00. The van der Waals surface area contributed by atoms with Crippen LogP contribution in [0.5, 0.6) is 0 Å². The second kappa shape index (κ2) is 9.83. The Labute approximate surface area is 205 Å². The summed E-state index contributed by atoms with van der Waals surface area (Å²) in [6.07, 6.45) is 3.21. The number of hydrogen-bond donors (Lipinski definition) is 0. The lowest BCUT2D eigenvalue weighted by atomic mass is 10.1. The number of anilines is 1. The van der Waals surface area contributed by atoms with E-state index in [9.17, 15) is 14.0 Å². The smallest absolute Gasteiger partial charge is 0.233 e. The van der Waals surface area contributed by atoms with Gasteiger partial charge in [0.1, 0.15) is 17.2 Å². The summed E-state index contributed by atoms with van der Waals surface area (Å²) in [6.45, 7) is 3.46. The van der Waals surface area contributed by atoms with Crippen LogP contribution in [-0.2, 0) is 4.79 Å². The number of fused-ring (bicyclic) bond motifs is 1. The van der Waals surface area contributed by atoms with Crippen LogP contribution in [0, 0.1) is 5.82 Å². The molecule has 1 saturated heterocycles. The molecule has 0 atom stereocenters. The summed E-state index contributed by atoms with van der Waals surface area (Å²) in [6, 6.07) is 14.3. The molecule has 0 aliphatic carbocycles. The van der Waals surface area contributed by atoms with E-state index in [4.69, 9.17) is 0 Å². The van der Waals surface area contributed by atoms with Crippen LogP contribution in [0.1, 0.15) is 17.3 Å². The quantitative estimate of drug-likeness (QED) is 0.232. The molecule has 1 fully saturated rings. The standard InChI is InChI=1S/C25H23FN6O2S/c1-17(33)18-7-8-22(21(26)13-18)30-9-11-31(12-10-30)23(34)15-35-25-20-14-29-32(24(20)27-16-28-25)19-5-3-2-4-6-19/h2-8,13-14,16H,9-12,15H2,1H3. The van der Waals surface area contributed by atoms with Crippen molar-refractivity contribution in [1.29, 1.82) is 0 Å². The summed E-state index contributed by atoms with van der Waals surface area (Å²) in [5, 5.41) is 5.95. The summed E-state index contributed by atoms with van der Waals surface area (Å²) in [5.41, 5.74) is 2.39. The van der Waals surface area contributed by atoms with Crippen LogP contribution in [0.4, 0.5) is 10.1 Å². The van der Waals surface area contributed by atoms with Gasteiger partial charge in [0.05, 0.1) is 28.7 Å². The van der Waals surface area contributed by atoms with Crippen molar-refractivity contribution in [2.24, 2.45) is 0 Å². The van der Waals surface area contributed by atoms with Crippen LogP contribution in [0.15, 0.2) is 66.1 Å². The van der Waals surface area contributed by atoms with Crippen molar-refractivity contribution < 1.29 is 14.0 Å².